The van der Waals surface area contributed by atoms with Crippen LogP contribution >= 0.6 is 0 Å². The molecule has 0 saturated carbocycles. The number of carbonyl (C=O) groups is 2. The van der Waals surface area contributed by atoms with E-state index in [9.17, 15) is 24.1 Å². The molecule has 0 aliphatic rings. The Morgan fingerprint density at radius 2 is 2.26 bits per heavy atom. The minimum absolute atomic E-state index is 0.0745. The van der Waals surface area contributed by atoms with Crippen LogP contribution in [0.15, 0.2) is 6.20 Å². The van der Waals surface area contributed by atoms with Gasteiger partial charge in [-0.15, -0.1) is 0 Å². The number of amides is 1. The first-order valence-corrected chi connectivity index (χ1v) is 6.25. The molecule has 0 atom stereocenters. The van der Waals surface area contributed by atoms with Gasteiger partial charge in [0.25, 0.3) is 5.82 Å². The van der Waals surface area contributed by atoms with E-state index in [2.05, 4.69) is 20.3 Å². The third-order valence-electron chi connectivity index (χ3n) is 2.69. The second-order valence-corrected chi connectivity index (χ2v) is 4.18. The molecule has 0 fully saturated rings. The molecule has 122 valence electrons. The Balaban J connectivity index is 2.22. The molecule has 12 heteroatoms. The smallest absolute Gasteiger partial charge is 0.374 e. The molecule has 0 bridgehead atoms. The van der Waals surface area contributed by atoms with Gasteiger partial charge >= 0.3 is 17.7 Å². The molecular formula is C11H11FN6O5. The van der Waals surface area contributed by atoms with Gasteiger partial charge in [0.15, 0.2) is 5.82 Å². The maximum atomic E-state index is 14.0. The van der Waals surface area contributed by atoms with Crippen molar-refractivity contribution in [2.24, 2.45) is 7.05 Å². The Kier molecular flexibility index (Phi) is 4.34. The number of rotatable bonds is 5. The monoisotopic (exact) mass is 326 g/mol. The van der Waals surface area contributed by atoms with Gasteiger partial charge in [0.05, 0.1) is 6.61 Å². The highest BCUT2D eigenvalue weighted by atomic mass is 19.1. The third kappa shape index (κ3) is 3.14. The molecule has 0 spiro atoms. The fraction of sp³-hybridized carbons (Fsp3) is 0.273. The summed E-state index contributed by atoms with van der Waals surface area (Å²) < 4.78 is 19.5. The maximum Gasteiger partial charge on any atom is 0.374 e. The number of nitrogens with one attached hydrogen (secondary N) is 2. The van der Waals surface area contributed by atoms with Crippen molar-refractivity contribution in [1.29, 1.82) is 0 Å². The lowest BCUT2D eigenvalue weighted by molar-refractivity contribution is -0.389. The van der Waals surface area contributed by atoms with E-state index in [-0.39, 0.29) is 12.4 Å². The van der Waals surface area contributed by atoms with Crippen LogP contribution in [0.4, 0.5) is 16.0 Å². The van der Waals surface area contributed by atoms with Crippen LogP contribution in [0.5, 0.6) is 0 Å². The van der Waals surface area contributed by atoms with E-state index in [0.717, 1.165) is 10.8 Å². The summed E-state index contributed by atoms with van der Waals surface area (Å²) in [6, 6.07) is 0. The maximum absolute atomic E-state index is 14.0. The number of anilines is 1. The Hall–Kier alpha value is -3.31. The van der Waals surface area contributed by atoms with E-state index < -0.39 is 40.2 Å². The van der Waals surface area contributed by atoms with E-state index in [1.807, 2.05) is 0 Å². The lowest BCUT2D eigenvalue weighted by Gasteiger charge is -2.00. The molecule has 0 unspecified atom stereocenters. The summed E-state index contributed by atoms with van der Waals surface area (Å²) in [4.78, 5) is 42.5. The number of aromatic nitrogens is 4. The molecular weight excluding hydrogens is 315 g/mol. The Morgan fingerprint density at radius 1 is 1.57 bits per heavy atom. The first-order chi connectivity index (χ1) is 10.8. The number of carbonyl (C=O) groups excluding carboxylic acids is 2. The SMILES string of the molecule is CCOC(=O)c1nc(NC(=O)c2ncc([N+](=O)[O-])[nH]2)c(F)n1C. The number of esters is 1. The molecule has 0 aliphatic carbocycles. The van der Waals surface area contributed by atoms with Gasteiger partial charge in [-0.3, -0.25) is 14.7 Å². The first kappa shape index (κ1) is 16.1. The zero-order valence-electron chi connectivity index (χ0n) is 12.0. The van der Waals surface area contributed by atoms with E-state index >= 15 is 0 Å². The summed E-state index contributed by atoms with van der Waals surface area (Å²) in [6.45, 7) is 1.65. The molecule has 2 N–H and O–H groups in total. The van der Waals surface area contributed by atoms with E-state index in [1.165, 1.54) is 7.05 Å². The van der Waals surface area contributed by atoms with Crippen LogP contribution in [0.2, 0.25) is 0 Å². The Labute approximate surface area is 127 Å². The molecule has 23 heavy (non-hydrogen) atoms. The topological polar surface area (TPSA) is 145 Å². The zero-order valence-corrected chi connectivity index (χ0v) is 12.0. The van der Waals surface area contributed by atoms with Crippen molar-refractivity contribution in [3.05, 3.63) is 33.9 Å². The highest BCUT2D eigenvalue weighted by Crippen LogP contribution is 2.16. The molecule has 0 aliphatic heterocycles. The Bertz CT molecular complexity index is 782. The highest BCUT2D eigenvalue weighted by molar-refractivity contribution is 6.01. The summed E-state index contributed by atoms with van der Waals surface area (Å²) in [5.41, 5.74) is 0. The quantitative estimate of drug-likeness (QED) is 0.465. The average molecular weight is 326 g/mol. The van der Waals surface area contributed by atoms with Crippen molar-refractivity contribution in [2.45, 2.75) is 6.92 Å². The predicted octanol–water partition coefficient (Wildman–Crippen LogP) is 0.619. The van der Waals surface area contributed by atoms with Crippen LogP contribution in [-0.2, 0) is 11.8 Å². The van der Waals surface area contributed by atoms with Crippen molar-refractivity contribution in [3.63, 3.8) is 0 Å². The summed E-state index contributed by atoms with van der Waals surface area (Å²) in [6.07, 6.45) is 0.841. The summed E-state index contributed by atoms with van der Waals surface area (Å²) in [5.74, 6) is -4.57. The van der Waals surface area contributed by atoms with Crippen LogP contribution in [0.1, 0.15) is 28.2 Å². The van der Waals surface area contributed by atoms with Crippen molar-refractivity contribution >= 4 is 23.5 Å². The Morgan fingerprint density at radius 3 is 2.83 bits per heavy atom. The van der Waals surface area contributed by atoms with Crippen molar-refractivity contribution in [2.75, 3.05) is 11.9 Å². The lowest BCUT2D eigenvalue weighted by atomic mass is 10.5. The van der Waals surface area contributed by atoms with Crippen molar-refractivity contribution in [3.8, 4) is 0 Å². The highest BCUT2D eigenvalue weighted by Gasteiger charge is 2.25. The van der Waals surface area contributed by atoms with Gasteiger partial charge in [0.2, 0.25) is 11.8 Å². The van der Waals surface area contributed by atoms with Gasteiger partial charge in [-0.25, -0.2) is 19.7 Å². The van der Waals surface area contributed by atoms with E-state index in [0.29, 0.717) is 0 Å². The third-order valence-corrected chi connectivity index (χ3v) is 2.69. The number of halogens is 1. The molecule has 11 nitrogen and oxygen atoms in total. The van der Waals surface area contributed by atoms with Gasteiger partial charge in [-0.2, -0.15) is 4.39 Å². The van der Waals surface area contributed by atoms with Gasteiger partial charge in [-0.1, -0.05) is 0 Å². The first-order valence-electron chi connectivity index (χ1n) is 6.25. The molecule has 2 rings (SSSR count). The van der Waals surface area contributed by atoms with E-state index in [1.54, 1.807) is 6.92 Å². The summed E-state index contributed by atoms with van der Waals surface area (Å²) in [5, 5.41) is 12.6. The van der Waals surface area contributed by atoms with Crippen molar-refractivity contribution in [1.82, 2.24) is 19.5 Å². The summed E-state index contributed by atoms with van der Waals surface area (Å²) >= 11 is 0. The van der Waals surface area contributed by atoms with Crippen LogP contribution in [-0.4, -0.2) is 42.9 Å². The zero-order chi connectivity index (χ0) is 17.1. The molecule has 2 heterocycles. The van der Waals surface area contributed by atoms with E-state index in [4.69, 9.17) is 4.74 Å². The number of hydrogen-bond donors (Lipinski definition) is 2. The molecule has 0 saturated heterocycles. The molecule has 0 radical (unpaired) electrons. The number of nitro groups is 1. The number of hydrogen-bond acceptors (Lipinski definition) is 7. The number of H-pyrrole nitrogens is 1. The number of aromatic amines is 1. The summed E-state index contributed by atoms with van der Waals surface area (Å²) in [7, 11) is 1.22. The number of imidazole rings is 2. The number of ether oxygens (including phenoxy) is 1. The van der Waals surface area contributed by atoms with Crippen LogP contribution in [0.3, 0.4) is 0 Å². The normalized spacial score (nSPS) is 10.4. The average Bonchev–Trinajstić information content (AvgIpc) is 3.08. The minimum atomic E-state index is -0.984. The molecule has 1 amide bonds. The van der Waals surface area contributed by atoms with Gasteiger partial charge in [0, 0.05) is 7.05 Å². The second-order valence-electron chi connectivity index (χ2n) is 4.18. The van der Waals surface area contributed by atoms with Crippen LogP contribution in [0.25, 0.3) is 0 Å². The number of nitrogens with zero attached hydrogens (tertiary/aromatic N) is 4. The van der Waals surface area contributed by atoms with Gasteiger partial charge < -0.3 is 14.9 Å². The predicted molar refractivity (Wildman–Crippen MR) is 72.3 cm³/mol. The molecule has 0 aromatic carbocycles. The van der Waals surface area contributed by atoms with Crippen LogP contribution < -0.4 is 5.32 Å². The molecule has 2 aromatic rings. The van der Waals surface area contributed by atoms with Crippen LogP contribution in [0, 0.1) is 16.1 Å². The van der Waals surface area contributed by atoms with Gasteiger partial charge in [-0.05, 0) is 11.8 Å². The fourth-order valence-corrected chi connectivity index (χ4v) is 1.62. The second kappa shape index (κ2) is 6.21. The van der Waals surface area contributed by atoms with Crippen molar-refractivity contribution < 1.29 is 23.6 Å². The van der Waals surface area contributed by atoms with Gasteiger partial charge in [0.1, 0.15) is 6.20 Å². The largest absolute Gasteiger partial charge is 0.460 e. The molecule has 2 aromatic heterocycles. The standard InChI is InChI=1S/C11H11FN6O5/c1-3-23-11(20)9-15-7(6(12)17(9)2)16-10(19)8-13-4-5(14-8)18(21)22/h4H,3H2,1-2H3,(H,13,14)(H,16,19). The fourth-order valence-electron chi connectivity index (χ4n) is 1.62. The minimum Gasteiger partial charge on any atom is -0.460 e. The lowest BCUT2D eigenvalue weighted by Crippen LogP contribution is -2.15.